The molecule has 6 atom stereocenters. The molecular formula is C32H39ClN2O6S. The van der Waals surface area contributed by atoms with Gasteiger partial charge in [-0.2, -0.15) is 0 Å². The Bertz CT molecular complexity index is 1480. The maximum absolute atomic E-state index is 13.3. The number of fused-ring (bicyclic) bond motifs is 7. The second-order valence-corrected chi connectivity index (χ2v) is 15.2. The van der Waals surface area contributed by atoms with Crippen molar-refractivity contribution in [3.8, 4) is 5.75 Å². The number of benzene rings is 2. The molecule has 8 nitrogen and oxygen atoms in total. The van der Waals surface area contributed by atoms with Gasteiger partial charge in [0.15, 0.2) is 0 Å². The van der Waals surface area contributed by atoms with Gasteiger partial charge in [-0.25, -0.2) is 13.1 Å². The summed E-state index contributed by atoms with van der Waals surface area (Å²) in [6.45, 7) is 4.46. The Balaban J connectivity index is 1.29. The number of ether oxygens (including phenoxy) is 3. The standard InChI is InChI=1S/C32H39ClN2O6S/c1-20-17-42(37,38)34-31(36)22-5-9-29-28(14-22)35(16-23-4-7-26(23)30-15-25(41-20)10-12-39-30)18-32(19-40-29)11-2-3-21-13-24(33)6-8-27(21)32/h5-6,8-9,13-14,20,23,25-26,30H,2-4,7,10-12,15-19H2,1H3,(H,34,36)/t20-,23-,25-,26+,30+,32-/m0/s1. The molecule has 1 saturated heterocycles. The molecule has 1 spiro atoms. The topological polar surface area (TPSA) is 94.2 Å². The Morgan fingerprint density at radius 2 is 2.00 bits per heavy atom. The molecule has 0 unspecified atom stereocenters. The van der Waals surface area contributed by atoms with E-state index in [-0.39, 0.29) is 23.4 Å². The van der Waals surface area contributed by atoms with Crippen molar-refractivity contribution in [1.82, 2.24) is 4.72 Å². The van der Waals surface area contributed by atoms with Crippen LogP contribution in [-0.2, 0) is 31.3 Å². The highest BCUT2D eigenvalue weighted by Gasteiger charge is 2.45. The van der Waals surface area contributed by atoms with Gasteiger partial charge in [0.05, 0.1) is 36.4 Å². The summed E-state index contributed by atoms with van der Waals surface area (Å²) in [7, 11) is -3.91. The molecule has 7 rings (SSSR count). The van der Waals surface area contributed by atoms with Crippen LogP contribution < -0.4 is 14.4 Å². The first-order chi connectivity index (χ1) is 20.2. The predicted molar refractivity (Wildman–Crippen MR) is 161 cm³/mol. The zero-order valence-electron chi connectivity index (χ0n) is 24.0. The van der Waals surface area contributed by atoms with Crippen molar-refractivity contribution in [1.29, 1.82) is 0 Å². The number of halogens is 1. The predicted octanol–water partition coefficient (Wildman–Crippen LogP) is 4.87. The van der Waals surface area contributed by atoms with Crippen molar-refractivity contribution in [2.45, 2.75) is 75.6 Å². The SMILES string of the molecule is C[C@H]1CS(=O)(=O)NC(=O)c2ccc3c(c2)N(C[C@@H]2CC[C@H]2[C@H]2C[C@H](CCO2)O1)C[C@@]1(CCCc2cc(Cl)ccc21)CO3. The molecule has 226 valence electrons. The molecule has 2 fully saturated rings. The zero-order valence-corrected chi connectivity index (χ0v) is 25.6. The number of sulfonamides is 1. The number of carbonyl (C=O) groups is 1. The van der Waals surface area contributed by atoms with E-state index in [0.717, 1.165) is 74.5 Å². The van der Waals surface area contributed by atoms with Crippen LogP contribution in [0.4, 0.5) is 5.69 Å². The normalized spacial score (nSPS) is 34.2. The summed E-state index contributed by atoms with van der Waals surface area (Å²) in [6.07, 6.45) is 6.28. The molecule has 1 amide bonds. The number of hydrogen-bond acceptors (Lipinski definition) is 7. The van der Waals surface area contributed by atoms with Gasteiger partial charge in [-0.1, -0.05) is 17.7 Å². The highest BCUT2D eigenvalue weighted by atomic mass is 35.5. The number of anilines is 1. The summed E-state index contributed by atoms with van der Waals surface area (Å²) in [5, 5.41) is 0.751. The Morgan fingerprint density at radius 3 is 2.83 bits per heavy atom. The number of carbonyl (C=O) groups excluding carboxylic acids is 1. The fourth-order valence-corrected chi connectivity index (χ4v) is 9.36. The lowest BCUT2D eigenvalue weighted by atomic mass is 9.67. The summed E-state index contributed by atoms with van der Waals surface area (Å²) in [4.78, 5) is 15.7. The number of nitrogens with one attached hydrogen (secondary N) is 1. The van der Waals surface area contributed by atoms with Gasteiger partial charge in [0, 0.05) is 42.1 Å². The molecule has 1 N–H and O–H groups in total. The monoisotopic (exact) mass is 614 g/mol. The number of aryl methyl sites for hydroxylation is 1. The van der Waals surface area contributed by atoms with Crippen LogP contribution >= 0.6 is 11.6 Å². The minimum absolute atomic E-state index is 0.0569. The van der Waals surface area contributed by atoms with Crippen LogP contribution in [0.25, 0.3) is 0 Å². The third kappa shape index (κ3) is 5.42. The lowest BCUT2D eigenvalue weighted by Gasteiger charge is -2.48. The highest BCUT2D eigenvalue weighted by Crippen LogP contribution is 2.47. The first kappa shape index (κ1) is 28.4. The van der Waals surface area contributed by atoms with E-state index >= 15 is 0 Å². The van der Waals surface area contributed by atoms with Gasteiger partial charge in [-0.15, -0.1) is 0 Å². The average molecular weight is 615 g/mol. The van der Waals surface area contributed by atoms with E-state index in [2.05, 4.69) is 21.8 Å². The lowest BCUT2D eigenvalue weighted by molar-refractivity contribution is -0.126. The molecule has 3 heterocycles. The quantitative estimate of drug-likeness (QED) is 0.453. The molecule has 2 aromatic carbocycles. The Labute approximate surface area is 253 Å². The van der Waals surface area contributed by atoms with Crippen molar-refractivity contribution in [2.75, 3.05) is 37.0 Å². The van der Waals surface area contributed by atoms with E-state index in [1.807, 2.05) is 12.1 Å². The van der Waals surface area contributed by atoms with Crippen molar-refractivity contribution >= 4 is 33.2 Å². The second kappa shape index (κ2) is 11.0. The summed E-state index contributed by atoms with van der Waals surface area (Å²) in [5.74, 6) is 0.657. The van der Waals surface area contributed by atoms with E-state index in [9.17, 15) is 13.2 Å². The molecular weight excluding hydrogens is 576 g/mol. The fraction of sp³-hybridized carbons (Fsp3) is 0.594. The molecule has 4 bridgehead atoms. The lowest BCUT2D eigenvalue weighted by Crippen LogP contribution is -2.51. The minimum atomic E-state index is -3.91. The largest absolute Gasteiger partial charge is 0.490 e. The molecule has 3 aliphatic heterocycles. The van der Waals surface area contributed by atoms with Crippen molar-refractivity contribution in [2.24, 2.45) is 11.8 Å². The van der Waals surface area contributed by atoms with E-state index in [1.54, 1.807) is 19.1 Å². The first-order valence-electron chi connectivity index (χ1n) is 15.3. The summed E-state index contributed by atoms with van der Waals surface area (Å²) < 4.78 is 47.3. The van der Waals surface area contributed by atoms with E-state index in [1.165, 1.54) is 11.1 Å². The second-order valence-electron chi connectivity index (χ2n) is 13.0. The minimum Gasteiger partial charge on any atom is -0.490 e. The summed E-state index contributed by atoms with van der Waals surface area (Å²) >= 11 is 6.41. The van der Waals surface area contributed by atoms with Crippen molar-refractivity contribution in [3.05, 3.63) is 58.1 Å². The van der Waals surface area contributed by atoms with Gasteiger partial charge in [0.25, 0.3) is 5.91 Å². The molecule has 0 radical (unpaired) electrons. The smallest absolute Gasteiger partial charge is 0.264 e. The van der Waals surface area contributed by atoms with Crippen molar-refractivity contribution in [3.63, 3.8) is 0 Å². The molecule has 0 aromatic heterocycles. The maximum atomic E-state index is 13.3. The Morgan fingerprint density at radius 1 is 1.12 bits per heavy atom. The average Bonchev–Trinajstić information content (AvgIpc) is 3.07. The van der Waals surface area contributed by atoms with Gasteiger partial charge in [0.1, 0.15) is 5.75 Å². The molecule has 42 heavy (non-hydrogen) atoms. The van der Waals surface area contributed by atoms with E-state index < -0.39 is 22.0 Å². The van der Waals surface area contributed by atoms with Crippen LogP contribution in [0.15, 0.2) is 36.4 Å². The Hall–Kier alpha value is -2.33. The van der Waals surface area contributed by atoms with Crippen LogP contribution in [0.2, 0.25) is 5.02 Å². The third-order valence-corrected chi connectivity index (χ3v) is 11.7. The maximum Gasteiger partial charge on any atom is 0.264 e. The molecule has 5 aliphatic rings. The highest BCUT2D eigenvalue weighted by molar-refractivity contribution is 7.90. The van der Waals surface area contributed by atoms with Crippen LogP contribution in [0, 0.1) is 11.8 Å². The van der Waals surface area contributed by atoms with Gasteiger partial charge in [-0.3, -0.25) is 4.79 Å². The van der Waals surface area contributed by atoms with Crippen LogP contribution in [0.1, 0.15) is 66.9 Å². The van der Waals surface area contributed by atoms with Crippen LogP contribution in [0.3, 0.4) is 0 Å². The number of amides is 1. The molecule has 10 heteroatoms. The van der Waals surface area contributed by atoms with Crippen LogP contribution in [0.5, 0.6) is 5.75 Å². The van der Waals surface area contributed by atoms with E-state index in [0.29, 0.717) is 30.6 Å². The molecule has 2 aliphatic carbocycles. The van der Waals surface area contributed by atoms with Gasteiger partial charge < -0.3 is 19.1 Å². The van der Waals surface area contributed by atoms with Gasteiger partial charge >= 0.3 is 0 Å². The molecule has 2 aromatic rings. The van der Waals surface area contributed by atoms with Crippen molar-refractivity contribution < 1.29 is 27.4 Å². The summed E-state index contributed by atoms with van der Waals surface area (Å²) in [6, 6.07) is 11.5. The Kier molecular flexibility index (Phi) is 7.44. The third-order valence-electron chi connectivity index (χ3n) is 10.1. The fourth-order valence-electron chi connectivity index (χ4n) is 7.99. The van der Waals surface area contributed by atoms with Gasteiger partial charge in [0.2, 0.25) is 10.0 Å². The van der Waals surface area contributed by atoms with Gasteiger partial charge in [-0.05, 0) is 98.7 Å². The molecule has 1 saturated carbocycles. The number of hydrogen-bond donors (Lipinski definition) is 1. The van der Waals surface area contributed by atoms with E-state index in [4.69, 9.17) is 25.8 Å². The zero-order chi connectivity index (χ0) is 29.1. The first-order valence-corrected chi connectivity index (χ1v) is 17.3. The summed E-state index contributed by atoms with van der Waals surface area (Å²) in [5.41, 5.74) is 3.48. The number of rotatable bonds is 0. The van der Waals surface area contributed by atoms with Crippen LogP contribution in [-0.4, -0.2) is 64.7 Å². The number of nitrogens with zero attached hydrogens (tertiary/aromatic N) is 1.